The Labute approximate surface area is 156 Å². The van der Waals surface area contributed by atoms with Crippen molar-refractivity contribution in [1.82, 2.24) is 0 Å². The van der Waals surface area contributed by atoms with Crippen molar-refractivity contribution in [3.05, 3.63) is 29.8 Å². The molecule has 0 saturated heterocycles. The van der Waals surface area contributed by atoms with Gasteiger partial charge in [-0.15, -0.1) is 0 Å². The van der Waals surface area contributed by atoms with E-state index in [-0.39, 0.29) is 31.0 Å². The second kappa shape index (κ2) is 13.1. The van der Waals surface area contributed by atoms with Gasteiger partial charge < -0.3 is 11.6 Å². The van der Waals surface area contributed by atoms with Gasteiger partial charge in [-0.2, -0.15) is 0 Å². The van der Waals surface area contributed by atoms with Crippen LogP contribution >= 0.6 is 8.24 Å². The molecule has 0 saturated carbocycles. The summed E-state index contributed by atoms with van der Waals surface area (Å²) < 4.78 is 1.28. The van der Waals surface area contributed by atoms with Gasteiger partial charge in [-0.1, -0.05) is 0 Å². The molecule has 0 bridgehead atoms. The van der Waals surface area contributed by atoms with Crippen LogP contribution in [0.15, 0.2) is 29.2 Å². The fourth-order valence-electron chi connectivity index (χ4n) is 0.981. The molecule has 1 unspecified atom stereocenters. The summed E-state index contributed by atoms with van der Waals surface area (Å²) in [6.45, 7) is 3.38. The maximum absolute atomic E-state index is 10.8. The molecule has 0 spiro atoms. The Morgan fingerprint density at radius 2 is 1.85 bits per heavy atom. The maximum Gasteiger partial charge on any atom is 1.00 e. The van der Waals surface area contributed by atoms with Gasteiger partial charge >= 0.3 is 128 Å². The molecule has 1 aromatic carbocycles. The van der Waals surface area contributed by atoms with Crippen LogP contribution in [0.4, 0.5) is 0 Å². The van der Waals surface area contributed by atoms with E-state index in [9.17, 15) is 9.59 Å². The smallest absolute Gasteiger partial charge is 1.00 e. The number of hydrogen-bond donors (Lipinski definition) is 3. The molecule has 20 heavy (non-hydrogen) atoms. The Bertz CT molecular complexity index is 434. The van der Waals surface area contributed by atoms with E-state index in [1.54, 1.807) is 12.1 Å². The van der Waals surface area contributed by atoms with Crippen molar-refractivity contribution in [2.45, 2.75) is 28.8 Å². The topological polar surface area (TPSA) is 94.8 Å². The van der Waals surface area contributed by atoms with E-state index in [0.29, 0.717) is 5.56 Å². The number of benzene rings is 1. The van der Waals surface area contributed by atoms with Crippen molar-refractivity contribution in [3.63, 3.8) is 0 Å². The number of aromatic carboxylic acids is 1. The Morgan fingerprint density at radius 1 is 1.35 bits per heavy atom. The minimum absolute atomic E-state index is 0. The summed E-state index contributed by atoms with van der Waals surface area (Å²) in [4.78, 5) is 21.2. The molecule has 0 aliphatic heterocycles. The van der Waals surface area contributed by atoms with Crippen molar-refractivity contribution in [2.24, 2.45) is 0 Å². The summed E-state index contributed by atoms with van der Waals surface area (Å²) in [6, 6.07) is 7.26. The van der Waals surface area contributed by atoms with Gasteiger partial charge in [0, 0.05) is 0 Å². The monoisotopic (exact) mass is 498 g/mol. The third kappa shape index (κ3) is 10.2. The molecule has 0 fully saturated rings. The Morgan fingerprint density at radius 3 is 2.25 bits per heavy atom. The number of aliphatic hydroxyl groups excluding tert-OH is 1. The molecule has 0 aliphatic rings. The zero-order valence-electron chi connectivity index (χ0n) is 12.9. The van der Waals surface area contributed by atoms with Crippen LogP contribution in [0.3, 0.4) is 0 Å². The van der Waals surface area contributed by atoms with E-state index in [1.165, 1.54) is 10.9 Å². The molecule has 1 rings (SSSR count). The van der Waals surface area contributed by atoms with Crippen LogP contribution in [0.2, 0.25) is 3.93 Å². The average molecular weight is 497 g/mol. The first-order valence-electron chi connectivity index (χ1n) is 5.76. The molecule has 0 radical (unpaired) electrons. The molecular weight excluding hydrogens is 480 g/mol. The summed E-state index contributed by atoms with van der Waals surface area (Å²) in [5.74, 6) is -2.00. The van der Waals surface area contributed by atoms with E-state index in [0.717, 1.165) is 4.90 Å². The van der Waals surface area contributed by atoms with E-state index in [1.807, 2.05) is 20.4 Å². The largest absolute Gasteiger partial charge is 1.00 e. The van der Waals surface area contributed by atoms with Crippen molar-refractivity contribution < 1.29 is 79.0 Å². The quantitative estimate of drug-likeness (QED) is 0.475. The molecule has 1 aromatic rings. The SMILES string of the molecule is CC(O)C(=O)O.C[CH2][Hg][S]c1ccccc1C(=O)O.[H-].[Na+]. The Hall–Kier alpha value is 0.405. The first-order chi connectivity index (χ1) is 8.90. The molecule has 0 amide bonds. The third-order valence-corrected chi connectivity index (χ3v) is 14.0. The minimum Gasteiger partial charge on any atom is -1.00 e. The normalized spacial score (nSPS) is 10.2. The van der Waals surface area contributed by atoms with Crippen LogP contribution in [-0.2, 0) is 27.9 Å². The molecule has 0 aromatic heterocycles. The van der Waals surface area contributed by atoms with Gasteiger partial charge in [0.25, 0.3) is 0 Å². The standard InChI is InChI=1S/C7H6O2S.C3H6O3.C2H5.Hg.Na.H/c8-7(9)5-3-1-2-4-6(5)10;1-2(4)3(5)6;1-2;;;/h1-4,10H,(H,8,9);2,4H,1H3,(H,5,6);1H2,2H3;;;/q;;;2*+1;-1/p-1. The second-order valence-corrected chi connectivity index (χ2v) is 16.8. The van der Waals surface area contributed by atoms with Crippen LogP contribution in [-0.4, -0.2) is 33.4 Å². The summed E-state index contributed by atoms with van der Waals surface area (Å²) in [5, 5.41) is 24.6. The van der Waals surface area contributed by atoms with E-state index < -0.39 is 41.1 Å². The fourth-order valence-corrected chi connectivity index (χ4v) is 9.77. The molecule has 5 nitrogen and oxygen atoms in total. The van der Waals surface area contributed by atoms with Gasteiger partial charge in [0.1, 0.15) is 6.10 Å². The van der Waals surface area contributed by atoms with Crippen LogP contribution in [0.25, 0.3) is 0 Å². The first-order valence-corrected chi connectivity index (χ1v) is 17.4. The summed E-state index contributed by atoms with van der Waals surface area (Å²) >= 11 is -0.860. The number of rotatable bonds is 5. The van der Waals surface area contributed by atoms with Crippen LogP contribution < -0.4 is 29.6 Å². The van der Waals surface area contributed by atoms with Crippen LogP contribution in [0.5, 0.6) is 0 Å². The van der Waals surface area contributed by atoms with Gasteiger partial charge in [0.05, 0.1) is 0 Å². The number of carbonyl (C=O) groups is 2. The molecule has 0 heterocycles. The first kappa shape index (κ1) is 22.7. The average Bonchev–Trinajstić information content (AvgIpc) is 2.37. The van der Waals surface area contributed by atoms with E-state index >= 15 is 0 Å². The van der Waals surface area contributed by atoms with Crippen molar-refractivity contribution >= 4 is 20.2 Å². The maximum atomic E-state index is 10.8. The summed E-state index contributed by atoms with van der Waals surface area (Å²) in [6.07, 6.45) is -1.23. The van der Waals surface area contributed by atoms with Crippen LogP contribution in [0, 0.1) is 0 Å². The number of hydrogen-bond acceptors (Lipinski definition) is 4. The number of aliphatic carboxylic acids is 1. The molecule has 8 heteroatoms. The molecule has 1 atom stereocenters. The Kier molecular flexibility index (Phi) is 14.9. The fraction of sp³-hybridized carbons (Fsp3) is 0.333. The van der Waals surface area contributed by atoms with Crippen LogP contribution in [0.1, 0.15) is 25.6 Å². The molecule has 3 N–H and O–H groups in total. The number of carboxylic acids is 2. The number of carboxylic acid groups (broad SMARTS) is 2. The van der Waals surface area contributed by atoms with E-state index in [4.69, 9.17) is 15.3 Å². The van der Waals surface area contributed by atoms with Gasteiger partial charge in [0.2, 0.25) is 0 Å². The zero-order chi connectivity index (χ0) is 14.8. The molecule has 104 valence electrons. The summed E-state index contributed by atoms with van der Waals surface area (Å²) in [7, 11) is 1.82. The van der Waals surface area contributed by atoms with Crippen molar-refractivity contribution in [3.8, 4) is 0 Å². The van der Waals surface area contributed by atoms with Gasteiger partial charge in [-0.25, -0.2) is 4.79 Å². The predicted octanol–water partition coefficient (Wildman–Crippen LogP) is -0.519. The van der Waals surface area contributed by atoms with E-state index in [2.05, 4.69) is 6.92 Å². The summed E-state index contributed by atoms with van der Waals surface area (Å²) in [5.41, 5.74) is 0.459. The zero-order valence-corrected chi connectivity index (χ0v) is 20.2. The molecular formula is C12H17HgNaO5S. The van der Waals surface area contributed by atoms with Gasteiger partial charge in [0.15, 0.2) is 0 Å². The van der Waals surface area contributed by atoms with Gasteiger partial charge in [-0.3, -0.25) is 0 Å². The predicted molar refractivity (Wildman–Crippen MR) is 70.2 cm³/mol. The molecule has 0 aliphatic carbocycles. The number of aliphatic hydroxyl groups is 1. The van der Waals surface area contributed by atoms with Crippen molar-refractivity contribution in [2.75, 3.05) is 0 Å². The minimum atomic E-state index is -1.23. The van der Waals surface area contributed by atoms with Crippen molar-refractivity contribution in [1.29, 1.82) is 0 Å². The third-order valence-electron chi connectivity index (χ3n) is 1.94. The van der Waals surface area contributed by atoms with Gasteiger partial charge in [-0.05, 0) is 6.92 Å². The Balaban J connectivity index is -0.000000352. The second-order valence-electron chi connectivity index (χ2n) is 3.66.